The van der Waals surface area contributed by atoms with E-state index in [0.29, 0.717) is 27.9 Å². The van der Waals surface area contributed by atoms with Gasteiger partial charge in [0.1, 0.15) is 24.7 Å². The van der Waals surface area contributed by atoms with Gasteiger partial charge in [0.2, 0.25) is 0 Å². The highest BCUT2D eigenvalue weighted by Crippen LogP contribution is 2.30. The molecule has 1 aromatic carbocycles. The Bertz CT molecular complexity index is 980. The quantitative estimate of drug-likeness (QED) is 0.716. The van der Waals surface area contributed by atoms with E-state index >= 15 is 0 Å². The zero-order chi connectivity index (χ0) is 18.1. The fraction of sp³-hybridized carbons (Fsp3) is 0.235. The summed E-state index contributed by atoms with van der Waals surface area (Å²) in [6, 6.07) is 3.28. The predicted molar refractivity (Wildman–Crippen MR) is 87.9 cm³/mol. The number of rotatable bonds is 5. The minimum atomic E-state index is -1.12. The molecule has 0 fully saturated rings. The number of hydrogen-bond acceptors (Lipinski definition) is 5. The van der Waals surface area contributed by atoms with Gasteiger partial charge in [-0.15, -0.1) is 0 Å². The summed E-state index contributed by atoms with van der Waals surface area (Å²) in [4.78, 5) is 31.2. The summed E-state index contributed by atoms with van der Waals surface area (Å²) in [5.74, 6) is -0.842. The Balaban J connectivity index is 2.30. The van der Waals surface area contributed by atoms with Crippen LogP contribution >= 0.6 is 0 Å². The van der Waals surface area contributed by atoms with E-state index in [1.165, 1.54) is 6.92 Å². The number of carboxylic acid groups (broad SMARTS) is 1. The van der Waals surface area contributed by atoms with E-state index in [4.69, 9.17) is 5.11 Å². The molecular formula is C17H15FN4O3. The lowest BCUT2D eigenvalue weighted by Crippen LogP contribution is -2.11. The second-order valence-corrected chi connectivity index (χ2v) is 5.64. The van der Waals surface area contributed by atoms with Crippen LogP contribution in [0.2, 0.25) is 0 Å². The van der Waals surface area contributed by atoms with Crippen LogP contribution in [-0.2, 0) is 18.0 Å². The highest BCUT2D eigenvalue weighted by atomic mass is 19.1. The van der Waals surface area contributed by atoms with Crippen LogP contribution in [-0.4, -0.2) is 36.6 Å². The number of alkyl halides is 1. The lowest BCUT2D eigenvalue weighted by molar-refractivity contribution is -0.137. The van der Waals surface area contributed by atoms with Gasteiger partial charge in [0.15, 0.2) is 5.78 Å². The maximum absolute atomic E-state index is 13.6. The number of aliphatic carboxylic acids is 1. The third-order valence-electron chi connectivity index (χ3n) is 3.80. The molecule has 0 saturated carbocycles. The average molecular weight is 342 g/mol. The van der Waals surface area contributed by atoms with Gasteiger partial charge in [-0.05, 0) is 24.6 Å². The second-order valence-electron chi connectivity index (χ2n) is 5.64. The fourth-order valence-electron chi connectivity index (χ4n) is 2.72. The Morgan fingerprint density at radius 2 is 1.88 bits per heavy atom. The van der Waals surface area contributed by atoms with Crippen molar-refractivity contribution in [3.8, 4) is 11.1 Å². The zero-order valence-corrected chi connectivity index (χ0v) is 13.7. The minimum Gasteiger partial charge on any atom is -0.480 e. The molecule has 7 nitrogen and oxygen atoms in total. The molecule has 0 unspecified atom stereocenters. The molecule has 1 N–H and O–H groups in total. The number of nitrogens with zero attached hydrogens (tertiary/aromatic N) is 4. The van der Waals surface area contributed by atoms with Gasteiger partial charge in [0.05, 0.1) is 5.52 Å². The number of carbonyl (C=O) groups excluding carboxylic acids is 1. The first-order chi connectivity index (χ1) is 11.9. The van der Waals surface area contributed by atoms with Crippen molar-refractivity contribution < 1.29 is 19.1 Å². The van der Waals surface area contributed by atoms with Crippen molar-refractivity contribution in [2.45, 2.75) is 27.1 Å². The molecule has 2 heterocycles. The molecule has 0 atom stereocenters. The highest BCUT2D eigenvalue weighted by Gasteiger charge is 2.20. The van der Waals surface area contributed by atoms with Crippen LogP contribution in [0.4, 0.5) is 4.39 Å². The summed E-state index contributed by atoms with van der Waals surface area (Å²) in [6.45, 7) is 1.82. The molecule has 0 radical (unpaired) electrons. The Kier molecular flexibility index (Phi) is 4.26. The molecule has 0 aliphatic heterocycles. The third-order valence-corrected chi connectivity index (χ3v) is 3.80. The van der Waals surface area contributed by atoms with E-state index in [0.717, 1.165) is 4.68 Å². The van der Waals surface area contributed by atoms with Crippen molar-refractivity contribution in [2.24, 2.45) is 0 Å². The highest BCUT2D eigenvalue weighted by molar-refractivity contribution is 6.06. The standard InChI is InChI=1S/C17H15FN4O3/c1-9(23)16-14-4-11(13-6-19-10(2)20-7-13)3-12(5-18)17(14)22(21-16)8-15(24)25/h3-4,6-7H,5,8H2,1-2H3,(H,24,25). The molecule has 2 aromatic heterocycles. The van der Waals surface area contributed by atoms with Gasteiger partial charge in [-0.1, -0.05) is 0 Å². The van der Waals surface area contributed by atoms with E-state index in [-0.39, 0.29) is 17.0 Å². The average Bonchev–Trinajstić information content (AvgIpc) is 2.93. The van der Waals surface area contributed by atoms with Gasteiger partial charge < -0.3 is 5.11 Å². The Labute approximate surface area is 142 Å². The second kappa shape index (κ2) is 6.39. The number of benzene rings is 1. The van der Waals surface area contributed by atoms with E-state index in [1.807, 2.05) is 0 Å². The molecule has 0 bridgehead atoms. The normalized spacial score (nSPS) is 11.0. The molecule has 0 aliphatic rings. The molecular weight excluding hydrogens is 327 g/mol. The molecule has 128 valence electrons. The van der Waals surface area contributed by atoms with Gasteiger partial charge >= 0.3 is 5.97 Å². The topological polar surface area (TPSA) is 98.0 Å². The Morgan fingerprint density at radius 3 is 2.44 bits per heavy atom. The Hall–Kier alpha value is -3.16. The van der Waals surface area contributed by atoms with Crippen LogP contribution in [0.15, 0.2) is 24.5 Å². The summed E-state index contributed by atoms with van der Waals surface area (Å²) in [5, 5.41) is 13.5. The summed E-state index contributed by atoms with van der Waals surface area (Å²) in [7, 11) is 0. The van der Waals surface area contributed by atoms with E-state index in [9.17, 15) is 14.0 Å². The van der Waals surface area contributed by atoms with Crippen LogP contribution < -0.4 is 0 Å². The Morgan fingerprint density at radius 1 is 1.20 bits per heavy atom. The van der Waals surface area contributed by atoms with Crippen molar-refractivity contribution in [3.05, 3.63) is 41.6 Å². The van der Waals surface area contributed by atoms with Crippen molar-refractivity contribution in [2.75, 3.05) is 0 Å². The number of fused-ring (bicyclic) bond motifs is 1. The van der Waals surface area contributed by atoms with Crippen molar-refractivity contribution in [1.82, 2.24) is 19.7 Å². The van der Waals surface area contributed by atoms with Gasteiger partial charge in [-0.3, -0.25) is 14.3 Å². The van der Waals surface area contributed by atoms with E-state index < -0.39 is 19.2 Å². The third kappa shape index (κ3) is 3.10. The monoisotopic (exact) mass is 342 g/mol. The van der Waals surface area contributed by atoms with Crippen LogP contribution in [0, 0.1) is 6.92 Å². The van der Waals surface area contributed by atoms with Gasteiger partial charge in [-0.25, -0.2) is 14.4 Å². The van der Waals surface area contributed by atoms with Crippen LogP contribution in [0.25, 0.3) is 22.0 Å². The number of carboxylic acids is 1. The first kappa shape index (κ1) is 16.7. The molecule has 3 aromatic rings. The van der Waals surface area contributed by atoms with E-state index in [2.05, 4.69) is 15.1 Å². The number of halogens is 1. The smallest absolute Gasteiger partial charge is 0.325 e. The summed E-state index contributed by atoms with van der Waals surface area (Å²) < 4.78 is 14.8. The van der Waals surface area contributed by atoms with Gasteiger partial charge in [0, 0.05) is 35.8 Å². The molecule has 0 amide bonds. The largest absolute Gasteiger partial charge is 0.480 e. The molecule has 0 saturated heterocycles. The molecule has 0 spiro atoms. The maximum Gasteiger partial charge on any atom is 0.325 e. The lowest BCUT2D eigenvalue weighted by Gasteiger charge is -2.08. The minimum absolute atomic E-state index is 0.112. The van der Waals surface area contributed by atoms with Crippen LogP contribution in [0.1, 0.15) is 28.8 Å². The molecule has 8 heteroatoms. The van der Waals surface area contributed by atoms with Gasteiger partial charge in [0.25, 0.3) is 0 Å². The summed E-state index contributed by atoms with van der Waals surface area (Å²) >= 11 is 0. The first-order valence-electron chi connectivity index (χ1n) is 7.52. The first-order valence-corrected chi connectivity index (χ1v) is 7.52. The van der Waals surface area contributed by atoms with Crippen molar-refractivity contribution in [3.63, 3.8) is 0 Å². The number of ketones is 1. The SMILES string of the molecule is CC(=O)c1nn(CC(=O)O)c2c(CF)cc(-c3cnc(C)nc3)cc12. The van der Waals surface area contributed by atoms with Crippen LogP contribution in [0.3, 0.4) is 0 Å². The number of aromatic nitrogens is 4. The van der Waals surface area contributed by atoms with Crippen LogP contribution in [0.5, 0.6) is 0 Å². The summed E-state index contributed by atoms with van der Waals surface area (Å²) in [5.41, 5.74) is 1.99. The predicted octanol–water partition coefficient (Wildman–Crippen LogP) is 2.56. The van der Waals surface area contributed by atoms with Crippen molar-refractivity contribution in [1.29, 1.82) is 0 Å². The fourth-order valence-corrected chi connectivity index (χ4v) is 2.72. The molecule has 25 heavy (non-hydrogen) atoms. The summed E-state index contributed by atoms with van der Waals surface area (Å²) in [6.07, 6.45) is 3.22. The van der Waals surface area contributed by atoms with Gasteiger partial charge in [-0.2, -0.15) is 5.10 Å². The molecule has 3 rings (SSSR count). The number of hydrogen-bond donors (Lipinski definition) is 1. The number of carbonyl (C=O) groups is 2. The lowest BCUT2D eigenvalue weighted by atomic mass is 10.0. The number of Topliss-reactive ketones (excluding diaryl/α,β-unsaturated/α-hetero) is 1. The van der Waals surface area contributed by atoms with Crippen molar-refractivity contribution >= 4 is 22.7 Å². The number of aryl methyl sites for hydroxylation is 1. The zero-order valence-electron chi connectivity index (χ0n) is 13.7. The van der Waals surface area contributed by atoms with E-state index in [1.54, 1.807) is 31.5 Å². The molecule has 0 aliphatic carbocycles. The maximum atomic E-state index is 13.6.